The number of nitrogens with one attached hydrogen (secondary N) is 1. The molecule has 3 fully saturated rings. The highest BCUT2D eigenvalue weighted by molar-refractivity contribution is 5.85. The lowest BCUT2D eigenvalue weighted by molar-refractivity contribution is -0.137. The number of rotatable bonds is 4. The van der Waals surface area contributed by atoms with Crippen molar-refractivity contribution in [1.29, 1.82) is 0 Å². The first-order valence-electron chi connectivity index (χ1n) is 7.28. The van der Waals surface area contributed by atoms with Crippen LogP contribution in [0, 0.1) is 11.3 Å². The minimum absolute atomic E-state index is 0.00285. The number of hydrogen-bond acceptors (Lipinski definition) is 2. The predicted molar refractivity (Wildman–Crippen MR) is 71.1 cm³/mol. The van der Waals surface area contributed by atoms with E-state index in [0.29, 0.717) is 12.2 Å². The molecule has 0 atom stereocenters. The Balaban J connectivity index is 2.03. The van der Waals surface area contributed by atoms with Crippen LogP contribution in [0.25, 0.3) is 0 Å². The minimum atomic E-state index is -0.0426. The second kappa shape index (κ2) is 4.67. The molecule has 0 unspecified atom stereocenters. The molecule has 0 aliphatic heterocycles. The summed E-state index contributed by atoms with van der Waals surface area (Å²) in [7, 11) is 0. The lowest BCUT2D eigenvalue weighted by Gasteiger charge is -2.53. The SMILES string of the molecule is CCC(=O)C12CCC(NC(=O)C(C)C)(CC1)CC2. The Bertz CT molecular complexity index is 335. The molecule has 3 nitrogen and oxygen atoms in total. The fraction of sp³-hybridized carbons (Fsp3) is 0.867. The van der Waals surface area contributed by atoms with E-state index in [9.17, 15) is 9.59 Å². The maximum Gasteiger partial charge on any atom is 0.222 e. The monoisotopic (exact) mass is 251 g/mol. The molecule has 3 rings (SSSR count). The third kappa shape index (κ3) is 2.19. The van der Waals surface area contributed by atoms with Gasteiger partial charge in [0.2, 0.25) is 5.91 Å². The third-order valence-corrected chi connectivity index (χ3v) is 5.07. The van der Waals surface area contributed by atoms with E-state index in [1.54, 1.807) is 0 Å². The lowest BCUT2D eigenvalue weighted by atomic mass is 9.55. The van der Waals surface area contributed by atoms with Gasteiger partial charge >= 0.3 is 0 Å². The average molecular weight is 251 g/mol. The summed E-state index contributed by atoms with van der Waals surface area (Å²) in [6.07, 6.45) is 6.52. The summed E-state index contributed by atoms with van der Waals surface area (Å²) in [6.45, 7) is 5.83. The molecule has 0 aromatic carbocycles. The van der Waals surface area contributed by atoms with Gasteiger partial charge in [-0.15, -0.1) is 0 Å². The average Bonchev–Trinajstić information content (AvgIpc) is 2.39. The largest absolute Gasteiger partial charge is 0.350 e. The smallest absolute Gasteiger partial charge is 0.222 e. The van der Waals surface area contributed by atoms with Crippen molar-refractivity contribution in [3.63, 3.8) is 0 Å². The summed E-state index contributed by atoms with van der Waals surface area (Å²) in [5.74, 6) is 0.641. The van der Waals surface area contributed by atoms with Crippen LogP contribution in [0.15, 0.2) is 0 Å². The maximum atomic E-state index is 12.1. The Hall–Kier alpha value is -0.860. The van der Waals surface area contributed by atoms with E-state index in [-0.39, 0.29) is 22.8 Å². The van der Waals surface area contributed by atoms with Gasteiger partial charge in [-0.3, -0.25) is 9.59 Å². The first-order valence-corrected chi connectivity index (χ1v) is 7.28. The Morgan fingerprint density at radius 1 is 1.06 bits per heavy atom. The van der Waals surface area contributed by atoms with E-state index in [0.717, 1.165) is 38.5 Å². The molecule has 0 aromatic heterocycles. The van der Waals surface area contributed by atoms with Gasteiger partial charge in [0.15, 0.2) is 0 Å². The Morgan fingerprint density at radius 2 is 1.56 bits per heavy atom. The van der Waals surface area contributed by atoms with Crippen molar-refractivity contribution in [2.45, 2.75) is 71.3 Å². The summed E-state index contributed by atoms with van der Waals surface area (Å²) in [5.41, 5.74) is -0.0455. The molecule has 3 aliphatic rings. The van der Waals surface area contributed by atoms with Crippen molar-refractivity contribution >= 4 is 11.7 Å². The molecule has 0 heterocycles. The zero-order valence-corrected chi connectivity index (χ0v) is 11.8. The second-order valence-electron chi connectivity index (χ2n) is 6.48. The van der Waals surface area contributed by atoms with Crippen molar-refractivity contribution in [3.8, 4) is 0 Å². The number of carbonyl (C=O) groups excluding carboxylic acids is 2. The van der Waals surface area contributed by atoms with Crippen LogP contribution in [-0.4, -0.2) is 17.2 Å². The number of amides is 1. The van der Waals surface area contributed by atoms with Crippen molar-refractivity contribution in [2.75, 3.05) is 0 Å². The number of fused-ring (bicyclic) bond motifs is 3. The van der Waals surface area contributed by atoms with Gasteiger partial charge in [-0.1, -0.05) is 20.8 Å². The Kier molecular flexibility index (Phi) is 3.52. The molecule has 2 bridgehead atoms. The number of ketones is 1. The highest BCUT2D eigenvalue weighted by Gasteiger charge is 2.51. The molecule has 3 saturated carbocycles. The number of Topliss-reactive ketones (excluding diaryl/α,β-unsaturated/α-hetero) is 1. The molecule has 1 amide bonds. The fourth-order valence-electron chi connectivity index (χ4n) is 3.57. The van der Waals surface area contributed by atoms with Crippen LogP contribution in [-0.2, 0) is 9.59 Å². The van der Waals surface area contributed by atoms with Crippen molar-refractivity contribution < 1.29 is 9.59 Å². The quantitative estimate of drug-likeness (QED) is 0.835. The van der Waals surface area contributed by atoms with E-state index in [1.165, 1.54) is 0 Å². The van der Waals surface area contributed by atoms with Crippen LogP contribution in [0.4, 0.5) is 0 Å². The van der Waals surface area contributed by atoms with Gasteiger partial charge in [0.25, 0.3) is 0 Å². The molecule has 1 N–H and O–H groups in total. The summed E-state index contributed by atoms with van der Waals surface area (Å²) in [6, 6.07) is 0. The topological polar surface area (TPSA) is 46.2 Å². The summed E-state index contributed by atoms with van der Waals surface area (Å²) < 4.78 is 0. The van der Waals surface area contributed by atoms with Gasteiger partial charge in [0.05, 0.1) is 0 Å². The molecular weight excluding hydrogens is 226 g/mol. The molecule has 102 valence electrons. The maximum absolute atomic E-state index is 12.1. The third-order valence-electron chi connectivity index (χ3n) is 5.07. The van der Waals surface area contributed by atoms with Crippen molar-refractivity contribution in [3.05, 3.63) is 0 Å². The van der Waals surface area contributed by atoms with E-state index < -0.39 is 0 Å². The van der Waals surface area contributed by atoms with E-state index in [2.05, 4.69) is 5.32 Å². The standard InChI is InChI=1S/C15H25NO2/c1-4-12(17)14-5-8-15(9-6-14,10-7-14)16-13(18)11(2)3/h11H,4-10H2,1-3H3,(H,16,18). The molecular formula is C15H25NO2. The van der Waals surface area contributed by atoms with Gasteiger partial charge in [-0.05, 0) is 38.5 Å². The van der Waals surface area contributed by atoms with Crippen molar-refractivity contribution in [2.24, 2.45) is 11.3 Å². The highest BCUT2D eigenvalue weighted by Crippen LogP contribution is 2.53. The van der Waals surface area contributed by atoms with Crippen LogP contribution >= 0.6 is 0 Å². The predicted octanol–water partition coefficient (Wildman–Crippen LogP) is 2.83. The first-order chi connectivity index (χ1) is 8.43. The van der Waals surface area contributed by atoms with E-state index >= 15 is 0 Å². The zero-order valence-electron chi connectivity index (χ0n) is 11.8. The van der Waals surface area contributed by atoms with Gasteiger partial charge in [-0.25, -0.2) is 0 Å². The van der Waals surface area contributed by atoms with Crippen LogP contribution in [0.2, 0.25) is 0 Å². The molecule has 0 spiro atoms. The summed E-state index contributed by atoms with van der Waals surface area (Å²) >= 11 is 0. The Labute approximate surface area is 110 Å². The van der Waals surface area contributed by atoms with E-state index in [1.807, 2.05) is 20.8 Å². The van der Waals surface area contributed by atoms with Gasteiger partial charge in [0.1, 0.15) is 5.78 Å². The molecule has 0 aromatic rings. The summed E-state index contributed by atoms with van der Waals surface area (Å²) in [5, 5.41) is 3.24. The van der Waals surface area contributed by atoms with E-state index in [4.69, 9.17) is 0 Å². The van der Waals surface area contributed by atoms with Crippen LogP contribution in [0.5, 0.6) is 0 Å². The number of carbonyl (C=O) groups is 2. The molecule has 18 heavy (non-hydrogen) atoms. The molecule has 3 heteroatoms. The number of hydrogen-bond donors (Lipinski definition) is 1. The van der Waals surface area contributed by atoms with Gasteiger partial charge < -0.3 is 5.32 Å². The fourth-order valence-corrected chi connectivity index (χ4v) is 3.57. The van der Waals surface area contributed by atoms with Crippen LogP contribution in [0.1, 0.15) is 65.7 Å². The lowest BCUT2D eigenvalue weighted by Crippen LogP contribution is -2.58. The molecule has 0 saturated heterocycles. The zero-order chi connectivity index (χ0) is 13.4. The van der Waals surface area contributed by atoms with Crippen molar-refractivity contribution in [1.82, 2.24) is 5.32 Å². The van der Waals surface area contributed by atoms with Crippen LogP contribution < -0.4 is 5.32 Å². The Morgan fingerprint density at radius 3 is 1.94 bits per heavy atom. The molecule has 0 radical (unpaired) electrons. The summed E-state index contributed by atoms with van der Waals surface area (Å²) in [4.78, 5) is 24.0. The molecule has 3 aliphatic carbocycles. The van der Waals surface area contributed by atoms with Crippen LogP contribution in [0.3, 0.4) is 0 Å². The van der Waals surface area contributed by atoms with Gasteiger partial charge in [0, 0.05) is 23.3 Å². The first kappa shape index (κ1) is 13.6. The van der Waals surface area contributed by atoms with Gasteiger partial charge in [-0.2, -0.15) is 0 Å². The normalized spacial score (nSPS) is 34.7. The second-order valence-corrected chi connectivity index (χ2v) is 6.48. The minimum Gasteiger partial charge on any atom is -0.350 e. The highest BCUT2D eigenvalue weighted by atomic mass is 16.2.